The Balaban J connectivity index is 1.32. The molecule has 0 fully saturated rings. The van der Waals surface area contributed by atoms with E-state index >= 15 is 0 Å². The van der Waals surface area contributed by atoms with Crippen molar-refractivity contribution in [3.8, 4) is 112 Å². The van der Waals surface area contributed by atoms with Crippen LogP contribution in [0, 0.1) is 27.7 Å². The van der Waals surface area contributed by atoms with Gasteiger partial charge in [-0.3, -0.25) is 19.9 Å². The number of aromatic nitrogens is 8. The van der Waals surface area contributed by atoms with Crippen LogP contribution in [-0.4, -0.2) is 68.3 Å². The maximum absolute atomic E-state index is 6.39. The minimum Gasteiger partial charge on any atom is -0.496 e. The quantitative estimate of drug-likeness (QED) is 0.121. The van der Waals surface area contributed by atoms with Crippen LogP contribution in [0.2, 0.25) is 0 Å². The Hall–Kier alpha value is -10.7. The standard InChI is InChI=1S/C76H66N8O4/c1-41-45(5)73-67(65-59(85-9)15-13-16-60(65)86-10)74-47(7)43(3)71(83-74)64(58-39-55(51-23-31-79-32-24-51)36-56(40-58)52-25-33-80-34-26-52)72-44(4)48(8)76(84-72)68(66-61(87-11)17-14-18-62(66)88-12)75-46(6)42(2)70(82-75)63(69(41)81-73)57-37-53(49-19-27-77-28-20-49)35-54(38-57)50-21-29-78-30-22-50/h13-40,81,84H,1-12H3. The lowest BCUT2D eigenvalue weighted by atomic mass is 9.90. The maximum Gasteiger partial charge on any atom is 0.130 e. The number of pyridine rings is 4. The van der Waals surface area contributed by atoms with E-state index in [1.54, 1.807) is 28.4 Å². The number of fused-ring (bicyclic) bond motifs is 8. The van der Waals surface area contributed by atoms with Gasteiger partial charge in [-0.1, -0.05) is 12.1 Å². The van der Waals surface area contributed by atoms with E-state index in [2.05, 4.69) is 170 Å². The number of hydrogen-bond acceptors (Lipinski definition) is 10. The highest BCUT2D eigenvalue weighted by Gasteiger charge is 2.32. The summed E-state index contributed by atoms with van der Waals surface area (Å²) in [5.74, 6) is 2.54. The van der Waals surface area contributed by atoms with E-state index in [9.17, 15) is 0 Å². The number of hydrogen-bond donors (Lipinski definition) is 2. The third kappa shape index (κ3) is 9.48. The van der Waals surface area contributed by atoms with Gasteiger partial charge in [-0.2, -0.15) is 0 Å². The predicted molar refractivity (Wildman–Crippen MR) is 357 cm³/mol. The first-order valence-corrected chi connectivity index (χ1v) is 29.3. The fourth-order valence-electron chi connectivity index (χ4n) is 12.7. The number of rotatable bonds is 12. The molecule has 88 heavy (non-hydrogen) atoms. The van der Waals surface area contributed by atoms with E-state index in [4.69, 9.17) is 28.9 Å². The molecule has 12 nitrogen and oxygen atoms in total. The van der Waals surface area contributed by atoms with Crippen molar-refractivity contribution in [2.75, 3.05) is 28.4 Å². The molecule has 9 heterocycles. The van der Waals surface area contributed by atoms with Crippen molar-refractivity contribution < 1.29 is 18.9 Å². The Kier molecular flexibility index (Phi) is 14.7. The SMILES string of the molecule is COc1cccc(OC)c1-c1c2nc(c(-c3cc(-c4ccncc4)cc(-c4ccncc4)c3)c3[nH]c(c(C)c3C)c(-c3c(OC)cccc3OC)c3nc(c(-c4cc(-c5ccncc5)cc(-c5ccncc5)c4)c4[nH]c1c(C)c4C)C(C)=C3C)C(C)=C2C. The van der Waals surface area contributed by atoms with Gasteiger partial charge >= 0.3 is 0 Å². The molecule has 13 rings (SSSR count). The third-order valence-corrected chi connectivity index (χ3v) is 17.9. The highest BCUT2D eigenvalue weighted by atomic mass is 16.5. The molecule has 434 valence electrons. The Bertz CT molecular complexity index is 4390. The molecule has 11 aromatic rings. The monoisotopic (exact) mass is 1150 g/mol. The molecule has 0 saturated heterocycles. The summed E-state index contributed by atoms with van der Waals surface area (Å²) in [5, 5.41) is 0. The number of nitrogens with zero attached hydrogens (tertiary/aromatic N) is 6. The fourth-order valence-corrected chi connectivity index (χ4v) is 12.7. The van der Waals surface area contributed by atoms with Crippen LogP contribution in [0.1, 0.15) is 72.7 Å². The summed E-state index contributed by atoms with van der Waals surface area (Å²) in [6.07, 6.45) is 14.7. The Labute approximate surface area is 512 Å². The Morgan fingerprint density at radius 3 is 0.739 bits per heavy atom. The normalized spacial score (nSPS) is 12.2. The van der Waals surface area contributed by atoms with Crippen LogP contribution >= 0.6 is 0 Å². The van der Waals surface area contributed by atoms with Crippen LogP contribution in [0.15, 0.2) is 171 Å². The van der Waals surface area contributed by atoms with Gasteiger partial charge in [0.05, 0.1) is 84.4 Å². The lowest BCUT2D eigenvalue weighted by molar-refractivity contribution is 0.397. The van der Waals surface area contributed by atoms with Gasteiger partial charge < -0.3 is 28.9 Å². The summed E-state index contributed by atoms with van der Waals surface area (Å²) in [4.78, 5) is 38.1. The van der Waals surface area contributed by atoms with E-state index < -0.39 is 0 Å². The maximum atomic E-state index is 6.39. The summed E-state index contributed by atoms with van der Waals surface area (Å²) >= 11 is 0. The molecule has 0 aliphatic carbocycles. The van der Waals surface area contributed by atoms with Gasteiger partial charge in [0.2, 0.25) is 0 Å². The molecule has 0 radical (unpaired) electrons. The number of aryl methyl sites for hydroxylation is 4. The van der Waals surface area contributed by atoms with Crippen molar-refractivity contribution in [3.63, 3.8) is 0 Å². The molecule has 2 aliphatic rings. The molecule has 0 atom stereocenters. The molecule has 0 saturated carbocycles. The first-order chi connectivity index (χ1) is 42.8. The van der Waals surface area contributed by atoms with Gasteiger partial charge in [-0.25, -0.2) is 9.97 Å². The average molecular weight is 1160 g/mol. The molecule has 2 aliphatic heterocycles. The molecule has 7 aromatic heterocycles. The number of allylic oxidation sites excluding steroid dienone is 4. The van der Waals surface area contributed by atoms with Crippen molar-refractivity contribution in [1.29, 1.82) is 0 Å². The van der Waals surface area contributed by atoms with E-state index in [-0.39, 0.29) is 0 Å². The van der Waals surface area contributed by atoms with E-state index in [0.717, 1.165) is 178 Å². The Morgan fingerprint density at radius 2 is 0.489 bits per heavy atom. The highest BCUT2D eigenvalue weighted by molar-refractivity contribution is 6.10. The molecular formula is C76H66N8O4. The van der Waals surface area contributed by atoms with Gasteiger partial charge in [-0.05, 0) is 265 Å². The minimum atomic E-state index is 0.634. The highest BCUT2D eigenvalue weighted by Crippen LogP contribution is 2.52. The number of H-pyrrole nitrogens is 2. The Morgan fingerprint density at radius 1 is 0.261 bits per heavy atom. The van der Waals surface area contributed by atoms with Crippen LogP contribution in [0.3, 0.4) is 0 Å². The van der Waals surface area contributed by atoms with Crippen molar-refractivity contribution in [2.45, 2.75) is 55.4 Å². The number of ether oxygens (including phenoxy) is 4. The summed E-state index contributed by atoms with van der Waals surface area (Å²) < 4.78 is 25.6. The van der Waals surface area contributed by atoms with E-state index in [1.165, 1.54) is 0 Å². The molecule has 4 aromatic carbocycles. The summed E-state index contributed by atoms with van der Waals surface area (Å²) in [5.41, 5.74) is 29.8. The fraction of sp³-hybridized carbons (Fsp3) is 0.158. The third-order valence-electron chi connectivity index (χ3n) is 17.9. The lowest BCUT2D eigenvalue weighted by Gasteiger charge is -2.16. The zero-order chi connectivity index (χ0) is 61.1. The molecule has 12 heteroatoms. The lowest BCUT2D eigenvalue weighted by Crippen LogP contribution is -1.97. The van der Waals surface area contributed by atoms with Gasteiger partial charge in [0.25, 0.3) is 0 Å². The van der Waals surface area contributed by atoms with Crippen LogP contribution < -0.4 is 18.9 Å². The first-order valence-electron chi connectivity index (χ1n) is 29.3. The second kappa shape index (κ2) is 22.9. The van der Waals surface area contributed by atoms with Crippen molar-refractivity contribution in [1.82, 2.24) is 39.9 Å². The number of aromatic amines is 2. The average Bonchev–Trinajstić information content (AvgIpc) is 1.66. The number of benzene rings is 4. The van der Waals surface area contributed by atoms with E-state index in [0.29, 0.717) is 23.0 Å². The van der Waals surface area contributed by atoms with Crippen LogP contribution in [0.4, 0.5) is 0 Å². The summed E-state index contributed by atoms with van der Waals surface area (Å²) in [6.45, 7) is 17.5. The molecule has 8 bridgehead atoms. The second-order valence-electron chi connectivity index (χ2n) is 22.5. The molecule has 0 amide bonds. The largest absolute Gasteiger partial charge is 0.496 e. The molecule has 0 unspecified atom stereocenters. The molecular weight excluding hydrogens is 1090 g/mol. The summed E-state index contributed by atoms with van der Waals surface area (Å²) in [7, 11) is 6.84. The van der Waals surface area contributed by atoms with Crippen molar-refractivity contribution >= 4 is 44.4 Å². The second-order valence-corrected chi connectivity index (χ2v) is 22.5. The zero-order valence-corrected chi connectivity index (χ0v) is 51.5. The van der Waals surface area contributed by atoms with Gasteiger partial charge in [0.1, 0.15) is 23.0 Å². The van der Waals surface area contributed by atoms with Crippen LogP contribution in [-0.2, 0) is 0 Å². The van der Waals surface area contributed by atoms with Gasteiger partial charge in [-0.15, -0.1) is 0 Å². The van der Waals surface area contributed by atoms with Crippen molar-refractivity contribution in [3.05, 3.63) is 216 Å². The zero-order valence-electron chi connectivity index (χ0n) is 51.5. The van der Waals surface area contributed by atoms with Gasteiger partial charge in [0.15, 0.2) is 0 Å². The molecule has 2 N–H and O–H groups in total. The van der Waals surface area contributed by atoms with Gasteiger partial charge in [0, 0.05) is 71.8 Å². The minimum absolute atomic E-state index is 0.634. The summed E-state index contributed by atoms with van der Waals surface area (Å²) in [6, 6.07) is 41.9. The van der Waals surface area contributed by atoms with Crippen molar-refractivity contribution in [2.24, 2.45) is 0 Å². The van der Waals surface area contributed by atoms with Crippen LogP contribution in [0.25, 0.3) is 133 Å². The number of nitrogens with one attached hydrogen (secondary N) is 2. The van der Waals surface area contributed by atoms with Crippen LogP contribution in [0.5, 0.6) is 23.0 Å². The van der Waals surface area contributed by atoms with E-state index in [1.807, 2.05) is 86.0 Å². The smallest absolute Gasteiger partial charge is 0.130 e. The predicted octanol–water partition coefficient (Wildman–Crippen LogP) is 18.4. The first kappa shape index (κ1) is 56.4. The molecule has 0 spiro atoms. The topological polar surface area (TPSA) is 146 Å². The number of methoxy groups -OCH3 is 4.